The maximum absolute atomic E-state index is 5.80. The molecule has 1 N–H and O–H groups in total. The van der Waals surface area contributed by atoms with Crippen molar-refractivity contribution in [2.75, 3.05) is 0 Å². The van der Waals surface area contributed by atoms with Gasteiger partial charge in [0.15, 0.2) is 0 Å². The highest BCUT2D eigenvalue weighted by atomic mass is 35.5. The van der Waals surface area contributed by atoms with Crippen molar-refractivity contribution in [1.29, 1.82) is 0 Å². The fourth-order valence-electron chi connectivity index (χ4n) is 3.00. The third-order valence-electron chi connectivity index (χ3n) is 3.72. The van der Waals surface area contributed by atoms with Crippen molar-refractivity contribution in [3.8, 4) is 0 Å². The molecular formula is C12H15ClN2. The van der Waals surface area contributed by atoms with Gasteiger partial charge in [-0.05, 0) is 30.9 Å². The van der Waals surface area contributed by atoms with E-state index in [1.165, 1.54) is 31.2 Å². The lowest BCUT2D eigenvalue weighted by Crippen LogP contribution is -2.34. The van der Waals surface area contributed by atoms with E-state index in [9.17, 15) is 0 Å². The Hall–Kier alpha value is -0.600. The lowest BCUT2D eigenvalue weighted by atomic mass is 9.92. The third-order valence-corrected chi connectivity index (χ3v) is 3.94. The second-order valence-electron chi connectivity index (χ2n) is 4.66. The molecule has 2 aliphatic rings. The summed E-state index contributed by atoms with van der Waals surface area (Å²) in [5, 5.41) is 4.28. The summed E-state index contributed by atoms with van der Waals surface area (Å²) in [6.45, 7) is 0. The Balaban J connectivity index is 1.85. The van der Waals surface area contributed by atoms with Crippen LogP contribution in [0.2, 0.25) is 5.15 Å². The maximum atomic E-state index is 5.80. The largest absolute Gasteiger partial charge is 0.311 e. The van der Waals surface area contributed by atoms with Gasteiger partial charge in [-0.1, -0.05) is 24.1 Å². The molecule has 80 valence electrons. The summed E-state index contributed by atoms with van der Waals surface area (Å²) in [7, 11) is 0. The van der Waals surface area contributed by atoms with Gasteiger partial charge in [-0.3, -0.25) is 0 Å². The monoisotopic (exact) mass is 222 g/mol. The highest BCUT2D eigenvalue weighted by Gasteiger charge is 2.37. The molecule has 3 heterocycles. The Kier molecular flexibility index (Phi) is 2.41. The van der Waals surface area contributed by atoms with Crippen molar-refractivity contribution in [1.82, 2.24) is 10.3 Å². The zero-order valence-electron chi connectivity index (χ0n) is 8.62. The Morgan fingerprint density at radius 1 is 1.33 bits per heavy atom. The van der Waals surface area contributed by atoms with E-state index >= 15 is 0 Å². The fourth-order valence-corrected chi connectivity index (χ4v) is 3.11. The van der Waals surface area contributed by atoms with Gasteiger partial charge in [0.2, 0.25) is 0 Å². The molecule has 15 heavy (non-hydrogen) atoms. The summed E-state index contributed by atoms with van der Waals surface area (Å²) >= 11 is 5.80. The fraction of sp³-hybridized carbons (Fsp3) is 0.583. The summed E-state index contributed by atoms with van der Waals surface area (Å²) in [4.78, 5) is 4.18. The van der Waals surface area contributed by atoms with E-state index in [0.29, 0.717) is 17.1 Å². The molecular weight excluding hydrogens is 208 g/mol. The molecule has 2 saturated heterocycles. The smallest absolute Gasteiger partial charge is 0.129 e. The average Bonchev–Trinajstić information content (AvgIpc) is 2.55. The van der Waals surface area contributed by atoms with Crippen LogP contribution in [-0.4, -0.2) is 17.1 Å². The first-order valence-corrected chi connectivity index (χ1v) is 6.08. The normalized spacial score (nSPS) is 34.3. The lowest BCUT2D eigenvalue weighted by molar-refractivity contribution is 0.397. The molecule has 2 aliphatic heterocycles. The van der Waals surface area contributed by atoms with Gasteiger partial charge in [-0.15, -0.1) is 0 Å². The molecule has 1 aromatic heterocycles. The molecule has 0 amide bonds. The number of hydrogen-bond acceptors (Lipinski definition) is 2. The van der Waals surface area contributed by atoms with Gasteiger partial charge in [-0.2, -0.15) is 0 Å². The minimum Gasteiger partial charge on any atom is -0.311 e. The van der Waals surface area contributed by atoms with Crippen molar-refractivity contribution >= 4 is 11.6 Å². The molecule has 1 unspecified atom stereocenters. The van der Waals surface area contributed by atoms with Crippen LogP contribution in [0, 0.1) is 0 Å². The minimum absolute atomic E-state index is 0.590. The number of rotatable bonds is 1. The lowest BCUT2D eigenvalue weighted by Gasteiger charge is -2.22. The topological polar surface area (TPSA) is 24.9 Å². The summed E-state index contributed by atoms with van der Waals surface area (Å²) in [6.07, 6.45) is 7.24. The molecule has 1 aromatic rings. The molecule has 2 fully saturated rings. The first-order valence-electron chi connectivity index (χ1n) is 5.70. The second-order valence-corrected chi connectivity index (χ2v) is 5.04. The van der Waals surface area contributed by atoms with Crippen LogP contribution in [0.4, 0.5) is 0 Å². The third kappa shape index (κ3) is 1.77. The number of nitrogens with one attached hydrogen (secondary N) is 1. The van der Waals surface area contributed by atoms with Gasteiger partial charge in [0.25, 0.3) is 0 Å². The van der Waals surface area contributed by atoms with Gasteiger partial charge in [0, 0.05) is 24.2 Å². The van der Waals surface area contributed by atoms with Crippen LogP contribution in [0.5, 0.6) is 0 Å². The number of fused-ring (bicyclic) bond motifs is 2. The standard InChI is InChI=1S/C12H15ClN2/c13-12-5-4-8(7-14-12)10-6-9-2-1-3-11(10)15-9/h4-5,7,9-11,15H,1-3,6H2/t9-,10?,11+/m1/s1. The van der Waals surface area contributed by atoms with Gasteiger partial charge < -0.3 is 5.32 Å². The first-order chi connectivity index (χ1) is 7.33. The number of halogens is 1. The quantitative estimate of drug-likeness (QED) is 0.740. The molecule has 0 aromatic carbocycles. The van der Waals surface area contributed by atoms with Crippen LogP contribution in [0.25, 0.3) is 0 Å². The summed E-state index contributed by atoms with van der Waals surface area (Å²) < 4.78 is 0. The molecule has 3 rings (SSSR count). The van der Waals surface area contributed by atoms with Crippen LogP contribution in [0.1, 0.15) is 37.2 Å². The Morgan fingerprint density at radius 3 is 3.00 bits per heavy atom. The van der Waals surface area contributed by atoms with Gasteiger partial charge in [0.1, 0.15) is 5.15 Å². The first kappa shape index (κ1) is 9.61. The summed E-state index contributed by atoms with van der Waals surface area (Å²) in [6, 6.07) is 5.44. The van der Waals surface area contributed by atoms with Crippen LogP contribution in [-0.2, 0) is 0 Å². The van der Waals surface area contributed by atoms with E-state index in [1.807, 2.05) is 12.3 Å². The van der Waals surface area contributed by atoms with E-state index < -0.39 is 0 Å². The van der Waals surface area contributed by atoms with E-state index in [2.05, 4.69) is 16.4 Å². The number of hydrogen-bond donors (Lipinski definition) is 1. The van der Waals surface area contributed by atoms with Crippen LogP contribution in [0.3, 0.4) is 0 Å². The summed E-state index contributed by atoms with van der Waals surface area (Å²) in [5.41, 5.74) is 1.35. The predicted molar refractivity (Wildman–Crippen MR) is 61.2 cm³/mol. The molecule has 0 spiro atoms. The highest BCUT2D eigenvalue weighted by Crippen LogP contribution is 2.38. The van der Waals surface area contributed by atoms with E-state index in [-0.39, 0.29) is 0 Å². The van der Waals surface area contributed by atoms with E-state index in [1.54, 1.807) is 0 Å². The van der Waals surface area contributed by atoms with Crippen LogP contribution >= 0.6 is 11.6 Å². The number of piperidine rings is 1. The van der Waals surface area contributed by atoms with Gasteiger partial charge >= 0.3 is 0 Å². The van der Waals surface area contributed by atoms with Crippen molar-refractivity contribution in [2.45, 2.75) is 43.7 Å². The maximum Gasteiger partial charge on any atom is 0.129 e. The molecule has 3 heteroatoms. The molecule has 3 atom stereocenters. The Morgan fingerprint density at radius 2 is 2.27 bits per heavy atom. The molecule has 2 bridgehead atoms. The zero-order valence-corrected chi connectivity index (χ0v) is 9.37. The minimum atomic E-state index is 0.590. The number of aromatic nitrogens is 1. The zero-order chi connectivity index (χ0) is 10.3. The van der Waals surface area contributed by atoms with Crippen LogP contribution < -0.4 is 5.32 Å². The molecule has 2 nitrogen and oxygen atoms in total. The van der Waals surface area contributed by atoms with Crippen molar-refractivity contribution in [2.24, 2.45) is 0 Å². The number of nitrogens with zero attached hydrogens (tertiary/aromatic N) is 1. The Labute approximate surface area is 95.0 Å². The van der Waals surface area contributed by atoms with Crippen molar-refractivity contribution in [3.63, 3.8) is 0 Å². The number of pyridine rings is 1. The second kappa shape index (κ2) is 3.76. The van der Waals surface area contributed by atoms with Gasteiger partial charge in [-0.25, -0.2) is 4.98 Å². The predicted octanol–water partition coefficient (Wildman–Crippen LogP) is 2.73. The molecule has 0 saturated carbocycles. The molecule has 0 radical (unpaired) electrons. The summed E-state index contributed by atoms with van der Waals surface area (Å²) in [5.74, 6) is 0.655. The highest BCUT2D eigenvalue weighted by molar-refractivity contribution is 6.29. The average molecular weight is 223 g/mol. The SMILES string of the molecule is Clc1ccc(C2C[C@H]3CCC[C@@H]2N3)cn1. The van der Waals surface area contributed by atoms with E-state index in [0.717, 1.165) is 6.04 Å². The Bertz CT molecular complexity index is 349. The van der Waals surface area contributed by atoms with Crippen molar-refractivity contribution in [3.05, 3.63) is 29.0 Å². The van der Waals surface area contributed by atoms with Crippen LogP contribution in [0.15, 0.2) is 18.3 Å². The van der Waals surface area contributed by atoms with Crippen molar-refractivity contribution < 1.29 is 0 Å². The van der Waals surface area contributed by atoms with Gasteiger partial charge in [0.05, 0.1) is 0 Å². The molecule has 0 aliphatic carbocycles. The van der Waals surface area contributed by atoms with E-state index in [4.69, 9.17) is 11.6 Å².